The van der Waals surface area contributed by atoms with Gasteiger partial charge in [0.2, 0.25) is 0 Å². The summed E-state index contributed by atoms with van der Waals surface area (Å²) in [5, 5.41) is 16.1. The molecule has 4 fully saturated rings. The lowest BCUT2D eigenvalue weighted by Crippen LogP contribution is -2.49. The Kier molecular flexibility index (Phi) is 4.73. The Morgan fingerprint density at radius 2 is 1.51 bits per heavy atom. The molecule has 1 atom stereocenters. The fourth-order valence-electron chi connectivity index (χ4n) is 8.21. The SMILES string of the molecule is c1ccc(N2N=C(c3ccc(-n4nncc4C45CC6CC(CC(C6)C4)C5)cc3)CC2c2ccco2)cc1. The maximum absolute atomic E-state index is 5.80. The van der Waals surface area contributed by atoms with Gasteiger partial charge in [0.25, 0.3) is 0 Å². The van der Waals surface area contributed by atoms with Gasteiger partial charge in [-0.3, -0.25) is 5.01 Å². The lowest BCUT2D eigenvalue weighted by molar-refractivity contribution is -0.00828. The average molecular weight is 490 g/mol. The van der Waals surface area contributed by atoms with Crippen molar-refractivity contribution in [3.05, 3.63) is 96.2 Å². The van der Waals surface area contributed by atoms with Crippen LogP contribution in [-0.4, -0.2) is 20.7 Å². The molecule has 4 aromatic rings. The van der Waals surface area contributed by atoms with Crippen molar-refractivity contribution in [1.82, 2.24) is 15.0 Å². The number of nitrogens with zero attached hydrogens (tertiary/aromatic N) is 5. The van der Waals surface area contributed by atoms with Crippen molar-refractivity contribution >= 4 is 11.4 Å². The Labute approximate surface area is 217 Å². The molecular weight excluding hydrogens is 458 g/mol. The molecule has 37 heavy (non-hydrogen) atoms. The molecule has 1 aliphatic heterocycles. The smallest absolute Gasteiger partial charge is 0.128 e. The topological polar surface area (TPSA) is 59.5 Å². The molecule has 0 N–H and O–H groups in total. The third-order valence-electron chi connectivity index (χ3n) is 9.38. The van der Waals surface area contributed by atoms with Gasteiger partial charge in [0.1, 0.15) is 11.8 Å². The maximum atomic E-state index is 5.80. The second-order valence-corrected chi connectivity index (χ2v) is 11.7. The van der Waals surface area contributed by atoms with Crippen LogP contribution < -0.4 is 5.01 Å². The van der Waals surface area contributed by atoms with Crippen LogP contribution in [0.3, 0.4) is 0 Å². The van der Waals surface area contributed by atoms with Gasteiger partial charge < -0.3 is 4.42 Å². The predicted molar refractivity (Wildman–Crippen MR) is 143 cm³/mol. The Hall–Kier alpha value is -3.67. The molecule has 0 amide bonds. The van der Waals surface area contributed by atoms with Crippen LogP contribution in [0.4, 0.5) is 5.69 Å². The highest BCUT2D eigenvalue weighted by molar-refractivity contribution is 6.03. The van der Waals surface area contributed by atoms with E-state index in [0.717, 1.165) is 52.6 Å². The summed E-state index contributed by atoms with van der Waals surface area (Å²) in [6.45, 7) is 0. The zero-order chi connectivity index (χ0) is 24.4. The minimum Gasteiger partial charge on any atom is -0.467 e. The molecule has 0 radical (unpaired) electrons. The lowest BCUT2D eigenvalue weighted by atomic mass is 9.49. The number of rotatable bonds is 5. The van der Waals surface area contributed by atoms with E-state index in [2.05, 4.69) is 68.5 Å². The largest absolute Gasteiger partial charge is 0.467 e. The first-order valence-corrected chi connectivity index (χ1v) is 13.7. The fourth-order valence-corrected chi connectivity index (χ4v) is 8.21. The molecule has 5 aliphatic rings. The lowest BCUT2D eigenvalue weighted by Gasteiger charge is -2.56. The predicted octanol–water partition coefficient (Wildman–Crippen LogP) is 6.68. The van der Waals surface area contributed by atoms with Crippen LogP contribution in [0.2, 0.25) is 0 Å². The van der Waals surface area contributed by atoms with Crippen LogP contribution >= 0.6 is 0 Å². The van der Waals surface area contributed by atoms with Crippen molar-refractivity contribution in [1.29, 1.82) is 0 Å². The van der Waals surface area contributed by atoms with Gasteiger partial charge >= 0.3 is 0 Å². The Morgan fingerprint density at radius 1 is 0.784 bits per heavy atom. The van der Waals surface area contributed by atoms with E-state index in [1.165, 1.54) is 44.2 Å². The van der Waals surface area contributed by atoms with E-state index in [1.807, 2.05) is 24.4 Å². The average Bonchev–Trinajstić information content (AvgIpc) is 3.70. The summed E-state index contributed by atoms with van der Waals surface area (Å²) in [5.41, 5.74) is 5.95. The third kappa shape index (κ3) is 3.49. The van der Waals surface area contributed by atoms with Gasteiger partial charge in [0.05, 0.1) is 35.2 Å². The minimum absolute atomic E-state index is 0.0464. The molecular formula is C31H31N5O. The highest BCUT2D eigenvalue weighted by Gasteiger charge is 2.53. The molecule has 4 aliphatic carbocycles. The van der Waals surface area contributed by atoms with Gasteiger partial charge in [-0.15, -0.1) is 5.10 Å². The molecule has 4 bridgehead atoms. The van der Waals surface area contributed by atoms with E-state index in [-0.39, 0.29) is 11.5 Å². The van der Waals surface area contributed by atoms with Gasteiger partial charge in [-0.05, 0) is 98.2 Å². The second kappa shape index (κ2) is 8.17. The van der Waals surface area contributed by atoms with E-state index in [0.29, 0.717) is 0 Å². The normalized spacial score (nSPS) is 30.2. The number of anilines is 1. The zero-order valence-electron chi connectivity index (χ0n) is 20.9. The van der Waals surface area contributed by atoms with E-state index >= 15 is 0 Å². The number of aromatic nitrogens is 3. The third-order valence-corrected chi connectivity index (χ3v) is 9.38. The van der Waals surface area contributed by atoms with Crippen LogP contribution in [-0.2, 0) is 5.41 Å². The van der Waals surface area contributed by atoms with E-state index in [1.54, 1.807) is 6.26 Å². The molecule has 3 heterocycles. The number of furan rings is 1. The van der Waals surface area contributed by atoms with Gasteiger partial charge in [-0.1, -0.05) is 35.5 Å². The molecule has 1 unspecified atom stereocenters. The first-order valence-electron chi connectivity index (χ1n) is 13.7. The maximum Gasteiger partial charge on any atom is 0.128 e. The molecule has 186 valence electrons. The van der Waals surface area contributed by atoms with Crippen molar-refractivity contribution in [3.8, 4) is 5.69 Å². The monoisotopic (exact) mass is 489 g/mol. The van der Waals surface area contributed by atoms with Crippen LogP contribution in [0.25, 0.3) is 5.69 Å². The summed E-state index contributed by atoms with van der Waals surface area (Å²) in [5.74, 6) is 3.62. The molecule has 2 aromatic heterocycles. The van der Waals surface area contributed by atoms with E-state index in [9.17, 15) is 0 Å². The molecule has 2 aromatic carbocycles. The first-order chi connectivity index (χ1) is 18.2. The van der Waals surface area contributed by atoms with Gasteiger partial charge in [-0.25, -0.2) is 4.68 Å². The molecule has 6 nitrogen and oxygen atoms in total. The van der Waals surface area contributed by atoms with Crippen molar-refractivity contribution in [3.63, 3.8) is 0 Å². The van der Waals surface area contributed by atoms with Crippen LogP contribution in [0.1, 0.15) is 68.0 Å². The molecule has 4 saturated carbocycles. The van der Waals surface area contributed by atoms with Crippen LogP contribution in [0, 0.1) is 17.8 Å². The zero-order valence-corrected chi connectivity index (χ0v) is 20.9. The number of hydrogen-bond acceptors (Lipinski definition) is 5. The summed E-state index contributed by atoms with van der Waals surface area (Å²) in [6.07, 6.45) is 12.8. The minimum atomic E-state index is 0.0464. The Morgan fingerprint density at radius 3 is 2.19 bits per heavy atom. The van der Waals surface area contributed by atoms with Gasteiger partial charge in [-0.2, -0.15) is 5.10 Å². The molecule has 9 rings (SSSR count). The van der Waals surface area contributed by atoms with Crippen molar-refractivity contribution < 1.29 is 4.42 Å². The summed E-state index contributed by atoms with van der Waals surface area (Å²) in [6, 6.07) is 23.1. The van der Waals surface area contributed by atoms with E-state index < -0.39 is 0 Å². The first kappa shape index (κ1) is 21.4. The van der Waals surface area contributed by atoms with Gasteiger partial charge in [0.15, 0.2) is 0 Å². The molecule has 0 saturated heterocycles. The summed E-state index contributed by atoms with van der Waals surface area (Å²) < 4.78 is 7.92. The Bertz CT molecular complexity index is 1400. The standard InChI is InChI=1S/C31H31N5O/c1-2-5-25(6-3-1)35-28(29-7-4-12-37-29)16-27(33-35)24-8-10-26(11-9-24)36-30(20-32-34-36)31-17-21-13-22(18-31)15-23(14-21)19-31/h1-12,20-23,28H,13-19H2. The van der Waals surface area contributed by atoms with Crippen LogP contribution in [0.15, 0.2) is 88.7 Å². The van der Waals surface area contributed by atoms with Crippen molar-refractivity contribution in [2.45, 2.75) is 56.4 Å². The highest BCUT2D eigenvalue weighted by Crippen LogP contribution is 2.60. The summed E-state index contributed by atoms with van der Waals surface area (Å²) in [4.78, 5) is 0. The molecule has 6 heteroatoms. The number of hydrogen-bond donors (Lipinski definition) is 0. The number of hydrazone groups is 1. The van der Waals surface area contributed by atoms with Crippen molar-refractivity contribution in [2.24, 2.45) is 22.9 Å². The van der Waals surface area contributed by atoms with E-state index in [4.69, 9.17) is 9.52 Å². The fraction of sp³-hybridized carbons (Fsp3) is 0.387. The van der Waals surface area contributed by atoms with Gasteiger partial charge in [0, 0.05) is 11.8 Å². The highest BCUT2D eigenvalue weighted by atomic mass is 16.3. The second-order valence-electron chi connectivity index (χ2n) is 11.7. The number of benzene rings is 2. The summed E-state index contributed by atoms with van der Waals surface area (Å²) >= 11 is 0. The summed E-state index contributed by atoms with van der Waals surface area (Å²) in [7, 11) is 0. The molecule has 0 spiro atoms. The van der Waals surface area contributed by atoms with Crippen molar-refractivity contribution in [2.75, 3.05) is 5.01 Å². The number of para-hydroxylation sites is 1. The Balaban J connectivity index is 1.10. The van der Waals surface area contributed by atoms with Crippen LogP contribution in [0.5, 0.6) is 0 Å². The quantitative estimate of drug-likeness (QED) is 0.314.